The van der Waals surface area contributed by atoms with Gasteiger partial charge in [0.05, 0.1) is 15.6 Å². The zero-order valence-electron chi connectivity index (χ0n) is 15.0. The number of nitrogens with zero attached hydrogens (tertiary/aromatic N) is 1. The second-order valence-electron chi connectivity index (χ2n) is 6.92. The van der Waals surface area contributed by atoms with Crippen LogP contribution in [0.2, 0.25) is 10.0 Å². The van der Waals surface area contributed by atoms with Crippen LogP contribution in [0, 0.1) is 0 Å². The molecule has 0 aliphatic heterocycles. The predicted molar refractivity (Wildman–Crippen MR) is 109 cm³/mol. The summed E-state index contributed by atoms with van der Waals surface area (Å²) >= 11 is 12.2. The number of halogens is 2. The van der Waals surface area contributed by atoms with E-state index in [9.17, 15) is 4.79 Å². The number of carbonyl (C=O) groups is 1. The second kappa shape index (κ2) is 8.90. The highest BCUT2D eigenvalue weighted by atomic mass is 35.5. The maximum Gasteiger partial charge on any atom is 0.257 e. The largest absolute Gasteiger partial charge is 0.322 e. The predicted octanol–water partition coefficient (Wildman–Crippen LogP) is 6.01. The van der Waals surface area contributed by atoms with Crippen LogP contribution in [0.1, 0.15) is 48.0 Å². The summed E-state index contributed by atoms with van der Waals surface area (Å²) in [6.07, 6.45) is 6.46. The highest BCUT2D eigenvalue weighted by molar-refractivity contribution is 6.44. The summed E-state index contributed by atoms with van der Waals surface area (Å²) < 4.78 is 0. The van der Waals surface area contributed by atoms with Gasteiger partial charge in [-0.1, -0.05) is 66.7 Å². The van der Waals surface area contributed by atoms with E-state index < -0.39 is 0 Å². The van der Waals surface area contributed by atoms with Crippen LogP contribution in [0.25, 0.3) is 0 Å². The summed E-state index contributed by atoms with van der Waals surface area (Å²) in [6, 6.07) is 13.6. The molecule has 1 aliphatic carbocycles. The van der Waals surface area contributed by atoms with E-state index in [-0.39, 0.29) is 10.9 Å². The number of nitrogens with one attached hydrogen (secondary N) is 1. The Balaban J connectivity index is 1.74. The summed E-state index contributed by atoms with van der Waals surface area (Å²) in [4.78, 5) is 15.1. The molecule has 138 valence electrons. The fourth-order valence-corrected chi connectivity index (χ4v) is 3.95. The van der Waals surface area contributed by atoms with Crippen LogP contribution in [0.4, 0.5) is 5.69 Å². The van der Waals surface area contributed by atoms with Crippen LogP contribution < -0.4 is 5.32 Å². The standard InChI is InChI=1S/C21H24Cl2N2O/c1-25(16-9-3-2-4-10-16)14-15-8-5-6-13-19(15)24-21(26)17-11-7-12-18(22)20(17)23/h5-8,11-13,16H,2-4,9-10,14H2,1H3,(H,24,26). The molecule has 0 radical (unpaired) electrons. The molecule has 0 aromatic heterocycles. The number of hydrogen-bond donors (Lipinski definition) is 1. The summed E-state index contributed by atoms with van der Waals surface area (Å²) in [5.74, 6) is -0.245. The molecule has 2 aromatic rings. The highest BCUT2D eigenvalue weighted by Gasteiger charge is 2.19. The number of anilines is 1. The van der Waals surface area contributed by atoms with Crippen molar-refractivity contribution < 1.29 is 4.79 Å². The first-order valence-corrected chi connectivity index (χ1v) is 9.85. The molecular weight excluding hydrogens is 367 g/mol. The minimum atomic E-state index is -0.245. The molecular formula is C21H24Cl2N2O. The minimum absolute atomic E-state index is 0.245. The van der Waals surface area contributed by atoms with Gasteiger partial charge in [-0.3, -0.25) is 9.69 Å². The van der Waals surface area contributed by atoms with Crippen LogP contribution in [0.5, 0.6) is 0 Å². The van der Waals surface area contributed by atoms with Crippen molar-refractivity contribution in [2.75, 3.05) is 12.4 Å². The Morgan fingerprint density at radius 3 is 2.58 bits per heavy atom. The number of benzene rings is 2. The van der Waals surface area contributed by atoms with E-state index in [1.54, 1.807) is 18.2 Å². The molecule has 1 saturated carbocycles. The van der Waals surface area contributed by atoms with E-state index in [4.69, 9.17) is 23.2 Å². The van der Waals surface area contributed by atoms with Crippen LogP contribution in [0.3, 0.4) is 0 Å². The maximum absolute atomic E-state index is 12.7. The molecule has 1 amide bonds. The first-order valence-electron chi connectivity index (χ1n) is 9.10. The Morgan fingerprint density at radius 1 is 1.08 bits per heavy atom. The van der Waals surface area contributed by atoms with Gasteiger partial charge in [0.2, 0.25) is 0 Å². The Morgan fingerprint density at radius 2 is 1.81 bits per heavy atom. The Bertz CT molecular complexity index is 772. The van der Waals surface area contributed by atoms with Gasteiger partial charge < -0.3 is 5.32 Å². The van der Waals surface area contributed by atoms with Crippen molar-refractivity contribution >= 4 is 34.8 Å². The number of amides is 1. The molecule has 0 saturated heterocycles. The quantitative estimate of drug-likeness (QED) is 0.677. The third-order valence-corrected chi connectivity index (χ3v) is 5.90. The molecule has 5 heteroatoms. The van der Waals surface area contributed by atoms with Crippen LogP contribution in [-0.2, 0) is 6.54 Å². The van der Waals surface area contributed by atoms with Crippen LogP contribution in [0.15, 0.2) is 42.5 Å². The fraction of sp³-hybridized carbons (Fsp3) is 0.381. The molecule has 0 unspecified atom stereocenters. The van der Waals surface area contributed by atoms with Gasteiger partial charge in [0.1, 0.15) is 0 Å². The summed E-state index contributed by atoms with van der Waals surface area (Å²) in [5.41, 5.74) is 2.30. The van der Waals surface area contributed by atoms with Gasteiger partial charge in [-0.25, -0.2) is 0 Å². The van der Waals surface area contributed by atoms with Crippen molar-refractivity contribution in [2.24, 2.45) is 0 Å². The SMILES string of the molecule is CN(Cc1ccccc1NC(=O)c1cccc(Cl)c1Cl)C1CCCCC1. The molecule has 0 atom stereocenters. The van der Waals surface area contributed by atoms with E-state index in [0.717, 1.165) is 17.8 Å². The second-order valence-corrected chi connectivity index (χ2v) is 7.70. The Kier molecular flexibility index (Phi) is 6.58. The number of carbonyl (C=O) groups excluding carboxylic acids is 1. The van der Waals surface area contributed by atoms with Gasteiger partial charge in [0.25, 0.3) is 5.91 Å². The van der Waals surface area contributed by atoms with E-state index in [2.05, 4.69) is 23.3 Å². The Hall–Kier alpha value is -1.55. The topological polar surface area (TPSA) is 32.3 Å². The highest BCUT2D eigenvalue weighted by Crippen LogP contribution is 2.28. The van der Waals surface area contributed by atoms with Crippen molar-refractivity contribution in [1.29, 1.82) is 0 Å². The van der Waals surface area contributed by atoms with Gasteiger partial charge in [-0.15, -0.1) is 0 Å². The number of para-hydroxylation sites is 1. The van der Waals surface area contributed by atoms with Crippen LogP contribution in [-0.4, -0.2) is 23.9 Å². The molecule has 3 rings (SSSR count). The lowest BCUT2D eigenvalue weighted by atomic mass is 9.94. The van der Waals surface area contributed by atoms with Gasteiger partial charge in [-0.2, -0.15) is 0 Å². The monoisotopic (exact) mass is 390 g/mol. The zero-order valence-corrected chi connectivity index (χ0v) is 16.5. The summed E-state index contributed by atoms with van der Waals surface area (Å²) in [7, 11) is 2.17. The van der Waals surface area contributed by atoms with E-state index in [1.165, 1.54) is 32.1 Å². The molecule has 1 N–H and O–H groups in total. The average molecular weight is 391 g/mol. The van der Waals surface area contributed by atoms with E-state index >= 15 is 0 Å². The first kappa shape index (κ1) is 19.2. The third kappa shape index (κ3) is 4.59. The summed E-state index contributed by atoms with van der Waals surface area (Å²) in [5, 5.41) is 3.65. The first-order chi connectivity index (χ1) is 12.6. The normalized spacial score (nSPS) is 15.2. The fourth-order valence-electron chi connectivity index (χ4n) is 3.57. The lowest BCUT2D eigenvalue weighted by molar-refractivity contribution is 0.102. The molecule has 1 fully saturated rings. The molecule has 3 nitrogen and oxygen atoms in total. The van der Waals surface area contributed by atoms with Gasteiger partial charge in [0.15, 0.2) is 0 Å². The van der Waals surface area contributed by atoms with Crippen molar-refractivity contribution in [2.45, 2.75) is 44.7 Å². The zero-order chi connectivity index (χ0) is 18.5. The molecule has 0 heterocycles. The van der Waals surface area contributed by atoms with Gasteiger partial charge >= 0.3 is 0 Å². The van der Waals surface area contributed by atoms with E-state index in [1.807, 2.05) is 18.2 Å². The number of hydrogen-bond acceptors (Lipinski definition) is 2. The Labute approximate surface area is 165 Å². The lowest BCUT2D eigenvalue weighted by Gasteiger charge is -2.31. The third-order valence-electron chi connectivity index (χ3n) is 5.08. The molecule has 1 aliphatic rings. The average Bonchev–Trinajstić information content (AvgIpc) is 2.66. The minimum Gasteiger partial charge on any atom is -0.322 e. The summed E-state index contributed by atoms with van der Waals surface area (Å²) in [6.45, 7) is 0.810. The maximum atomic E-state index is 12.7. The molecule has 0 bridgehead atoms. The van der Waals surface area contributed by atoms with Crippen molar-refractivity contribution in [1.82, 2.24) is 4.90 Å². The van der Waals surface area contributed by atoms with Gasteiger partial charge in [0, 0.05) is 18.3 Å². The smallest absolute Gasteiger partial charge is 0.257 e. The molecule has 2 aromatic carbocycles. The van der Waals surface area contributed by atoms with E-state index in [0.29, 0.717) is 16.6 Å². The van der Waals surface area contributed by atoms with Crippen LogP contribution >= 0.6 is 23.2 Å². The molecule has 0 spiro atoms. The molecule has 26 heavy (non-hydrogen) atoms. The van der Waals surface area contributed by atoms with Crippen molar-refractivity contribution in [3.05, 3.63) is 63.6 Å². The number of rotatable bonds is 5. The van der Waals surface area contributed by atoms with Gasteiger partial charge in [-0.05, 0) is 43.7 Å². The van der Waals surface area contributed by atoms with Crippen molar-refractivity contribution in [3.8, 4) is 0 Å². The lowest BCUT2D eigenvalue weighted by Crippen LogP contribution is -2.33. The van der Waals surface area contributed by atoms with Crippen molar-refractivity contribution in [3.63, 3.8) is 0 Å².